The Labute approximate surface area is 366 Å². The van der Waals surface area contributed by atoms with E-state index in [1.165, 1.54) is 65.4 Å². The number of likely N-dealkylation sites (tertiary alicyclic amines) is 1. The third kappa shape index (κ3) is 9.00. The molecule has 9 atom stereocenters. The number of aliphatic hydroxyl groups is 2. The highest BCUT2D eigenvalue weighted by atomic mass is 16.7. The minimum Gasteiger partial charge on any atom is -0.462 e. The number of ether oxygens (including phenoxy) is 5. The molecule has 15 nitrogen and oxygen atoms in total. The summed E-state index contributed by atoms with van der Waals surface area (Å²) in [4.78, 5) is 86.6. The van der Waals surface area contributed by atoms with Gasteiger partial charge in [-0.1, -0.05) is 64.1 Å². The van der Waals surface area contributed by atoms with Crippen molar-refractivity contribution in [2.75, 3.05) is 20.2 Å². The molecule has 63 heavy (non-hydrogen) atoms. The van der Waals surface area contributed by atoms with Gasteiger partial charge >= 0.3 is 17.7 Å². The molecular weight excluding hydrogens is 813 g/mol. The van der Waals surface area contributed by atoms with E-state index in [9.17, 15) is 29.4 Å². The SMILES string of the molecule is COC1C=COC2(C)Oc3c(C)c(OC(=O)c4ccccc4)c4c(c3C2=O)C(=O)C(N2CCCC2)=C(NC(=O)C(C)=CC=CC(C)C(O)C(C)C(O)C(C)C(OC(C)=O)C1C)C4=O. The Balaban J connectivity index is 1.54. The summed E-state index contributed by atoms with van der Waals surface area (Å²) in [6.07, 6.45) is 4.78. The number of esters is 2. The molecule has 1 aliphatic carbocycles. The topological polar surface area (TPSA) is 204 Å². The average Bonchev–Trinajstić information content (AvgIpc) is 3.89. The molecule has 3 N–H and O–H groups in total. The van der Waals surface area contributed by atoms with Crippen molar-refractivity contribution in [2.45, 2.75) is 98.4 Å². The fraction of sp³-hybridized carbons (Fsp3) is 0.458. The summed E-state index contributed by atoms with van der Waals surface area (Å²) in [5.41, 5.74) is -1.15. The number of fused-ring (bicyclic) bond motifs is 14. The maximum absolute atomic E-state index is 15.1. The predicted octanol–water partition coefficient (Wildman–Crippen LogP) is 5.57. The van der Waals surface area contributed by atoms with Gasteiger partial charge in [-0.3, -0.25) is 24.0 Å². The summed E-state index contributed by atoms with van der Waals surface area (Å²) in [5.74, 6) is -9.78. The van der Waals surface area contributed by atoms with Crippen LogP contribution >= 0.6 is 0 Å². The number of nitrogens with zero attached hydrogens (tertiary/aromatic N) is 1. The van der Waals surface area contributed by atoms with E-state index in [4.69, 9.17) is 23.7 Å². The number of methoxy groups -OCH3 is 1. The summed E-state index contributed by atoms with van der Waals surface area (Å²) in [6, 6.07) is 8.00. The molecule has 7 rings (SSSR count). The first-order valence-electron chi connectivity index (χ1n) is 21.2. The molecule has 336 valence electrons. The standard InChI is InChI=1S/C48H56N2O13/c1-24-16-15-17-25(2)46(57)49-36-37(50-21-13-14-22-50)41(55)33-34(40(36)54)43(62-47(58)31-18-11-10-12-19-31)29(6)44-35(33)45(56)48(8,63-44)60-23-20-32(59-9)26(3)42(61-30(7)51)28(5)39(53)27(4)38(24)52/h10-12,15-20,23-24,26-28,32,38-39,42,52-53H,13-14,21-22H2,1-9H3,(H,49,57). The summed E-state index contributed by atoms with van der Waals surface area (Å²) in [7, 11) is 1.43. The zero-order valence-electron chi connectivity index (χ0n) is 37.1. The van der Waals surface area contributed by atoms with Crippen LogP contribution in [0.2, 0.25) is 0 Å². The molecule has 2 aromatic carbocycles. The molecule has 0 saturated carbocycles. The van der Waals surface area contributed by atoms with Gasteiger partial charge in [0.2, 0.25) is 11.6 Å². The van der Waals surface area contributed by atoms with E-state index in [-0.39, 0.29) is 50.7 Å². The van der Waals surface area contributed by atoms with E-state index in [0.29, 0.717) is 25.9 Å². The van der Waals surface area contributed by atoms with Gasteiger partial charge in [-0.2, -0.15) is 0 Å². The second-order valence-electron chi connectivity index (χ2n) is 16.9. The molecule has 2 aromatic rings. The third-order valence-corrected chi connectivity index (χ3v) is 12.5. The number of hydrogen-bond donors (Lipinski definition) is 3. The zero-order chi connectivity index (χ0) is 46.1. The van der Waals surface area contributed by atoms with Crippen molar-refractivity contribution in [1.29, 1.82) is 0 Å². The Hall–Kier alpha value is -5.90. The third-order valence-electron chi connectivity index (χ3n) is 12.5. The number of nitrogens with one attached hydrogen (secondary N) is 1. The molecule has 4 aliphatic heterocycles. The van der Waals surface area contributed by atoms with Gasteiger partial charge in [0.1, 0.15) is 29.0 Å². The molecule has 1 amide bonds. The molecule has 1 fully saturated rings. The number of Topliss-reactive ketones (excluding diaryl/α,β-unsaturated/α-hetero) is 3. The molecule has 9 unspecified atom stereocenters. The Kier molecular flexibility index (Phi) is 13.9. The van der Waals surface area contributed by atoms with E-state index < -0.39 is 94.6 Å². The molecule has 4 heterocycles. The van der Waals surface area contributed by atoms with E-state index >= 15 is 9.59 Å². The molecule has 5 bridgehead atoms. The van der Waals surface area contributed by atoms with Crippen molar-refractivity contribution in [2.24, 2.45) is 23.7 Å². The molecular formula is C48H56N2O13. The number of amides is 1. The first kappa shape index (κ1) is 46.6. The van der Waals surface area contributed by atoms with Crippen LogP contribution in [0.5, 0.6) is 11.5 Å². The Bertz CT molecular complexity index is 2310. The van der Waals surface area contributed by atoms with Crippen molar-refractivity contribution in [3.05, 3.63) is 106 Å². The number of allylic oxidation sites excluding steroid dienone is 4. The van der Waals surface area contributed by atoms with E-state index in [0.717, 1.165) is 0 Å². The molecule has 0 aromatic heterocycles. The molecule has 1 saturated heterocycles. The van der Waals surface area contributed by atoms with Crippen LogP contribution in [0.25, 0.3) is 0 Å². The normalized spacial score (nSPS) is 29.3. The smallest absolute Gasteiger partial charge is 0.343 e. The van der Waals surface area contributed by atoms with Gasteiger partial charge in [0.15, 0.2) is 0 Å². The average molecular weight is 869 g/mol. The molecule has 15 heteroatoms. The number of aliphatic hydroxyl groups excluding tert-OH is 2. The number of hydrogen-bond acceptors (Lipinski definition) is 14. The van der Waals surface area contributed by atoms with Crippen LogP contribution in [0, 0.1) is 30.6 Å². The van der Waals surface area contributed by atoms with Gasteiger partial charge in [-0.15, -0.1) is 0 Å². The lowest BCUT2D eigenvalue weighted by molar-refractivity contribution is -0.160. The quantitative estimate of drug-likeness (QED) is 0.249. The highest BCUT2D eigenvalue weighted by Gasteiger charge is 2.53. The minimum atomic E-state index is -2.12. The fourth-order valence-electron chi connectivity index (χ4n) is 8.76. The second kappa shape index (κ2) is 18.8. The molecule has 0 spiro atoms. The van der Waals surface area contributed by atoms with Crippen LogP contribution in [0.3, 0.4) is 0 Å². The van der Waals surface area contributed by atoms with Crippen LogP contribution in [-0.4, -0.2) is 101 Å². The van der Waals surface area contributed by atoms with E-state index in [2.05, 4.69) is 5.32 Å². The fourth-order valence-corrected chi connectivity index (χ4v) is 8.76. The number of carbonyl (C=O) groups excluding carboxylic acids is 6. The summed E-state index contributed by atoms with van der Waals surface area (Å²) in [5, 5.41) is 25.7. The van der Waals surface area contributed by atoms with Gasteiger partial charge in [0.05, 0.1) is 46.8 Å². The first-order valence-corrected chi connectivity index (χ1v) is 21.2. The largest absolute Gasteiger partial charge is 0.462 e. The van der Waals surface area contributed by atoms with Gasteiger partial charge in [-0.25, -0.2) is 4.79 Å². The van der Waals surface area contributed by atoms with Crippen molar-refractivity contribution >= 4 is 35.2 Å². The van der Waals surface area contributed by atoms with Crippen LogP contribution in [0.1, 0.15) is 108 Å². The molecule has 5 aliphatic rings. The van der Waals surface area contributed by atoms with E-state index in [1.807, 2.05) is 0 Å². The van der Waals surface area contributed by atoms with E-state index in [1.54, 1.807) is 62.9 Å². The maximum atomic E-state index is 15.1. The minimum absolute atomic E-state index is 0.0477. The van der Waals surface area contributed by atoms with Crippen LogP contribution in [-0.2, 0) is 23.8 Å². The lowest BCUT2D eigenvalue weighted by Gasteiger charge is -2.38. The van der Waals surface area contributed by atoms with Crippen molar-refractivity contribution < 1.29 is 62.7 Å². The number of ketones is 3. The number of benzene rings is 2. The lowest BCUT2D eigenvalue weighted by Crippen LogP contribution is -2.46. The Morgan fingerprint density at radius 2 is 1.54 bits per heavy atom. The highest BCUT2D eigenvalue weighted by molar-refractivity contribution is 6.32. The highest BCUT2D eigenvalue weighted by Crippen LogP contribution is 2.50. The maximum Gasteiger partial charge on any atom is 0.343 e. The number of carbonyl (C=O) groups is 6. The molecule has 0 radical (unpaired) electrons. The van der Waals surface area contributed by atoms with Gasteiger partial charge in [0.25, 0.3) is 11.7 Å². The number of rotatable bonds is 5. The Morgan fingerprint density at radius 3 is 2.17 bits per heavy atom. The predicted molar refractivity (Wildman–Crippen MR) is 229 cm³/mol. The monoisotopic (exact) mass is 868 g/mol. The van der Waals surface area contributed by atoms with Crippen molar-refractivity contribution in [3.8, 4) is 11.5 Å². The lowest BCUT2D eigenvalue weighted by atomic mass is 9.78. The van der Waals surface area contributed by atoms with Crippen LogP contribution in [0.15, 0.2) is 77.9 Å². The van der Waals surface area contributed by atoms with Crippen LogP contribution in [0.4, 0.5) is 0 Å². The zero-order valence-corrected chi connectivity index (χ0v) is 37.1. The summed E-state index contributed by atoms with van der Waals surface area (Å²) < 4.78 is 29.9. The second-order valence-corrected chi connectivity index (χ2v) is 16.9. The first-order chi connectivity index (χ1) is 29.8. The van der Waals surface area contributed by atoms with Gasteiger partial charge < -0.3 is 44.1 Å². The summed E-state index contributed by atoms with van der Waals surface area (Å²) >= 11 is 0. The van der Waals surface area contributed by atoms with Crippen molar-refractivity contribution in [3.63, 3.8) is 0 Å². The van der Waals surface area contributed by atoms with Crippen LogP contribution < -0.4 is 14.8 Å². The van der Waals surface area contributed by atoms with Gasteiger partial charge in [0, 0.05) is 68.9 Å². The van der Waals surface area contributed by atoms with Crippen molar-refractivity contribution in [1.82, 2.24) is 10.2 Å². The summed E-state index contributed by atoms with van der Waals surface area (Å²) in [6.45, 7) is 13.2. The Morgan fingerprint density at radius 1 is 0.873 bits per heavy atom. The van der Waals surface area contributed by atoms with Gasteiger partial charge in [-0.05, 0) is 44.9 Å².